The van der Waals surface area contributed by atoms with Crippen molar-refractivity contribution in [2.75, 3.05) is 51.0 Å². The molecule has 1 aliphatic heterocycles. The molecule has 0 spiro atoms. The van der Waals surface area contributed by atoms with Crippen LogP contribution >= 0.6 is 24.0 Å². The van der Waals surface area contributed by atoms with Gasteiger partial charge in [-0.1, -0.05) is 12.1 Å². The van der Waals surface area contributed by atoms with Crippen molar-refractivity contribution in [3.05, 3.63) is 24.3 Å². The molecule has 0 saturated carbocycles. The first-order valence-electron chi connectivity index (χ1n) is 6.77. The Labute approximate surface area is 130 Å². The van der Waals surface area contributed by atoms with E-state index in [0.29, 0.717) is 5.11 Å². The molecule has 0 radical (unpaired) electrons. The smallest absolute Gasteiger partial charge is 0.170 e. The Morgan fingerprint density at radius 2 is 2.10 bits per heavy atom. The van der Waals surface area contributed by atoms with Gasteiger partial charge < -0.3 is 15.4 Å². The maximum atomic E-state index is 5.34. The lowest BCUT2D eigenvalue weighted by Gasteiger charge is -2.26. The van der Waals surface area contributed by atoms with Crippen molar-refractivity contribution in [2.45, 2.75) is 4.90 Å². The Bertz CT molecular complexity index is 436. The lowest BCUT2D eigenvalue weighted by molar-refractivity contribution is 0.0389. The van der Waals surface area contributed by atoms with Gasteiger partial charge in [0.2, 0.25) is 0 Å². The van der Waals surface area contributed by atoms with Crippen molar-refractivity contribution in [2.24, 2.45) is 0 Å². The number of nitrogens with zero attached hydrogens (tertiary/aromatic N) is 1. The molecule has 1 saturated heterocycles. The zero-order chi connectivity index (χ0) is 14.2. The molecule has 0 unspecified atom stereocenters. The zero-order valence-corrected chi connectivity index (χ0v) is 13.4. The third-order valence-electron chi connectivity index (χ3n) is 3.17. The highest BCUT2D eigenvalue weighted by atomic mass is 32.2. The highest BCUT2D eigenvalue weighted by Crippen LogP contribution is 2.24. The Hall–Kier alpha value is -0.820. The van der Waals surface area contributed by atoms with Crippen LogP contribution in [0.2, 0.25) is 0 Å². The summed E-state index contributed by atoms with van der Waals surface area (Å²) in [5, 5.41) is 7.19. The molecule has 2 rings (SSSR count). The minimum absolute atomic E-state index is 0.680. The molecule has 1 aromatic carbocycles. The molecular formula is C14H21N3OS2. The van der Waals surface area contributed by atoms with Crippen molar-refractivity contribution in [3.63, 3.8) is 0 Å². The molecule has 4 nitrogen and oxygen atoms in total. The first-order chi connectivity index (χ1) is 9.79. The first-order valence-corrected chi connectivity index (χ1v) is 8.41. The van der Waals surface area contributed by atoms with Crippen LogP contribution in [0.5, 0.6) is 0 Å². The number of morpholine rings is 1. The molecule has 1 heterocycles. The summed E-state index contributed by atoms with van der Waals surface area (Å²) in [6, 6.07) is 8.18. The van der Waals surface area contributed by atoms with Gasteiger partial charge in [0, 0.05) is 31.1 Å². The predicted molar refractivity (Wildman–Crippen MR) is 89.7 cm³/mol. The van der Waals surface area contributed by atoms with Crippen LogP contribution in [0.25, 0.3) is 0 Å². The number of rotatable bonds is 5. The molecule has 0 aromatic heterocycles. The molecule has 0 amide bonds. The van der Waals surface area contributed by atoms with Crippen molar-refractivity contribution in [1.82, 2.24) is 10.2 Å². The van der Waals surface area contributed by atoms with E-state index in [9.17, 15) is 0 Å². The second-order valence-electron chi connectivity index (χ2n) is 4.54. The molecule has 1 fully saturated rings. The van der Waals surface area contributed by atoms with Crippen LogP contribution < -0.4 is 10.6 Å². The van der Waals surface area contributed by atoms with Gasteiger partial charge in [0.25, 0.3) is 0 Å². The van der Waals surface area contributed by atoms with Crippen LogP contribution in [0.15, 0.2) is 29.2 Å². The number of thioether (sulfide) groups is 1. The standard InChI is InChI=1S/C14H21N3OS2/c1-20-13-5-3-2-4-12(13)16-14(19)15-6-7-17-8-10-18-11-9-17/h2-5H,6-11H2,1H3,(H2,15,16,19). The number of hydrogen-bond acceptors (Lipinski definition) is 4. The fourth-order valence-corrected chi connectivity index (χ4v) is 2.83. The summed E-state index contributed by atoms with van der Waals surface area (Å²) in [5.41, 5.74) is 1.06. The van der Waals surface area contributed by atoms with E-state index in [0.717, 1.165) is 45.1 Å². The fraction of sp³-hybridized carbons (Fsp3) is 0.500. The third-order valence-corrected chi connectivity index (χ3v) is 4.21. The Morgan fingerprint density at radius 1 is 1.35 bits per heavy atom. The molecule has 1 aromatic rings. The van der Waals surface area contributed by atoms with Crippen molar-refractivity contribution in [1.29, 1.82) is 0 Å². The number of nitrogens with one attached hydrogen (secondary N) is 2. The average molecular weight is 311 g/mol. The lowest BCUT2D eigenvalue weighted by atomic mass is 10.3. The van der Waals surface area contributed by atoms with Crippen LogP contribution in [0.4, 0.5) is 5.69 Å². The number of anilines is 1. The van der Waals surface area contributed by atoms with Crippen LogP contribution in [-0.4, -0.2) is 55.7 Å². The summed E-state index contributed by atoms with van der Waals surface area (Å²) in [7, 11) is 0. The fourth-order valence-electron chi connectivity index (χ4n) is 2.07. The monoisotopic (exact) mass is 311 g/mol. The topological polar surface area (TPSA) is 36.5 Å². The van der Waals surface area contributed by atoms with E-state index in [4.69, 9.17) is 17.0 Å². The molecule has 20 heavy (non-hydrogen) atoms. The molecule has 0 bridgehead atoms. The second kappa shape index (κ2) is 8.46. The molecule has 0 aliphatic carbocycles. The van der Waals surface area contributed by atoms with Crippen LogP contribution in [0, 0.1) is 0 Å². The van der Waals surface area contributed by atoms with Gasteiger partial charge in [-0.2, -0.15) is 0 Å². The van der Waals surface area contributed by atoms with Crippen LogP contribution in [0.3, 0.4) is 0 Å². The second-order valence-corrected chi connectivity index (χ2v) is 5.79. The number of hydrogen-bond donors (Lipinski definition) is 2. The first kappa shape index (κ1) is 15.6. The number of benzene rings is 1. The number of thiocarbonyl (C=S) groups is 1. The molecular weight excluding hydrogens is 290 g/mol. The maximum absolute atomic E-state index is 5.34. The van der Waals surface area contributed by atoms with E-state index >= 15 is 0 Å². The predicted octanol–water partition coefficient (Wildman–Crippen LogP) is 2.03. The van der Waals surface area contributed by atoms with Crippen molar-refractivity contribution < 1.29 is 4.74 Å². The van der Waals surface area contributed by atoms with Gasteiger partial charge in [0.05, 0.1) is 18.9 Å². The van der Waals surface area contributed by atoms with Gasteiger partial charge in [-0.05, 0) is 30.6 Å². The van der Waals surface area contributed by atoms with Gasteiger partial charge in [0.1, 0.15) is 0 Å². The summed E-state index contributed by atoms with van der Waals surface area (Å²) in [6.07, 6.45) is 2.06. The minimum atomic E-state index is 0.680. The van der Waals surface area contributed by atoms with Gasteiger partial charge in [-0.15, -0.1) is 11.8 Å². The summed E-state index contributed by atoms with van der Waals surface area (Å²) < 4.78 is 5.33. The lowest BCUT2D eigenvalue weighted by Crippen LogP contribution is -2.42. The number of ether oxygens (including phenoxy) is 1. The summed E-state index contributed by atoms with van der Waals surface area (Å²) in [4.78, 5) is 3.58. The quantitative estimate of drug-likeness (QED) is 0.640. The van der Waals surface area contributed by atoms with E-state index in [1.54, 1.807) is 11.8 Å². The minimum Gasteiger partial charge on any atom is -0.379 e. The van der Waals surface area contributed by atoms with E-state index < -0.39 is 0 Å². The molecule has 110 valence electrons. The van der Waals surface area contributed by atoms with Crippen molar-refractivity contribution in [3.8, 4) is 0 Å². The molecule has 1 aliphatic rings. The molecule has 6 heteroatoms. The zero-order valence-electron chi connectivity index (χ0n) is 11.7. The van der Waals surface area contributed by atoms with Gasteiger partial charge >= 0.3 is 0 Å². The third kappa shape index (κ3) is 4.94. The van der Waals surface area contributed by atoms with Crippen LogP contribution in [0.1, 0.15) is 0 Å². The Balaban J connectivity index is 1.72. The summed E-state index contributed by atoms with van der Waals surface area (Å²) in [5.74, 6) is 0. The van der Waals surface area contributed by atoms with Gasteiger partial charge in [-0.25, -0.2) is 0 Å². The maximum Gasteiger partial charge on any atom is 0.170 e. The van der Waals surface area contributed by atoms with Crippen molar-refractivity contribution >= 4 is 34.8 Å². The van der Waals surface area contributed by atoms with Crippen LogP contribution in [-0.2, 0) is 4.74 Å². The normalized spacial score (nSPS) is 15.8. The Kier molecular flexibility index (Phi) is 6.59. The Morgan fingerprint density at radius 3 is 2.85 bits per heavy atom. The molecule has 2 N–H and O–H groups in total. The van der Waals surface area contributed by atoms with E-state index in [1.165, 1.54) is 4.90 Å². The van der Waals surface area contributed by atoms with E-state index in [-0.39, 0.29) is 0 Å². The highest BCUT2D eigenvalue weighted by Gasteiger charge is 2.09. The van der Waals surface area contributed by atoms with E-state index in [2.05, 4.69) is 27.9 Å². The van der Waals surface area contributed by atoms with E-state index in [1.807, 2.05) is 18.2 Å². The summed E-state index contributed by atoms with van der Waals surface area (Å²) >= 11 is 7.05. The summed E-state index contributed by atoms with van der Waals surface area (Å²) in [6.45, 7) is 5.55. The van der Waals surface area contributed by atoms with Gasteiger partial charge in [-0.3, -0.25) is 4.90 Å². The number of para-hydroxylation sites is 1. The van der Waals surface area contributed by atoms with Gasteiger partial charge in [0.15, 0.2) is 5.11 Å². The average Bonchev–Trinajstić information content (AvgIpc) is 2.49. The SMILES string of the molecule is CSc1ccccc1NC(=S)NCCN1CCOCC1. The molecule has 0 atom stereocenters. The highest BCUT2D eigenvalue weighted by molar-refractivity contribution is 7.98. The largest absolute Gasteiger partial charge is 0.379 e.